The van der Waals surface area contributed by atoms with Gasteiger partial charge >= 0.3 is 0 Å². The monoisotopic (exact) mass is 332 g/mol. The van der Waals surface area contributed by atoms with Crippen molar-refractivity contribution in [3.63, 3.8) is 0 Å². The summed E-state index contributed by atoms with van der Waals surface area (Å²) < 4.78 is 15.3. The molecule has 6 nitrogen and oxygen atoms in total. The van der Waals surface area contributed by atoms with Crippen molar-refractivity contribution < 1.29 is 4.39 Å². The van der Waals surface area contributed by atoms with Gasteiger partial charge in [-0.05, 0) is 12.1 Å². The van der Waals surface area contributed by atoms with Crippen LogP contribution < -0.4 is 10.6 Å². The highest BCUT2D eigenvalue weighted by atomic mass is 35.5. The minimum absolute atomic E-state index is 0.265. The SMILES string of the molecule is F[C@H]1CNC[C@@H]1Nc1cccc(-c2cnn3cc(Cl)cnc23)n1. The maximum Gasteiger partial charge on any atom is 0.164 e. The van der Waals surface area contributed by atoms with Crippen LogP contribution in [0, 0.1) is 0 Å². The topological polar surface area (TPSA) is 67.1 Å². The highest BCUT2D eigenvalue weighted by Crippen LogP contribution is 2.24. The summed E-state index contributed by atoms with van der Waals surface area (Å²) in [5.74, 6) is 0.632. The highest BCUT2D eigenvalue weighted by molar-refractivity contribution is 6.30. The third-order valence-corrected chi connectivity index (χ3v) is 4.02. The number of anilines is 1. The van der Waals surface area contributed by atoms with Gasteiger partial charge in [0.2, 0.25) is 0 Å². The quantitative estimate of drug-likeness (QED) is 0.769. The van der Waals surface area contributed by atoms with E-state index in [1.807, 2.05) is 18.2 Å². The molecule has 3 aromatic rings. The molecule has 23 heavy (non-hydrogen) atoms. The van der Waals surface area contributed by atoms with Crippen LogP contribution >= 0.6 is 11.6 Å². The van der Waals surface area contributed by atoms with E-state index in [2.05, 4.69) is 25.7 Å². The number of hydrogen-bond acceptors (Lipinski definition) is 5. The second-order valence-electron chi connectivity index (χ2n) is 5.43. The lowest BCUT2D eigenvalue weighted by Crippen LogP contribution is -2.29. The van der Waals surface area contributed by atoms with Crippen LogP contribution in [-0.2, 0) is 0 Å². The van der Waals surface area contributed by atoms with E-state index in [9.17, 15) is 4.39 Å². The molecule has 3 aromatic heterocycles. The number of halogens is 2. The first-order chi connectivity index (χ1) is 11.2. The summed E-state index contributed by atoms with van der Waals surface area (Å²) in [6.07, 6.45) is 4.04. The average Bonchev–Trinajstić information content (AvgIpc) is 3.14. The third kappa shape index (κ3) is 2.73. The van der Waals surface area contributed by atoms with E-state index in [1.54, 1.807) is 23.1 Å². The van der Waals surface area contributed by atoms with Crippen LogP contribution in [0.3, 0.4) is 0 Å². The zero-order chi connectivity index (χ0) is 15.8. The Bertz CT molecular complexity index is 851. The summed E-state index contributed by atoms with van der Waals surface area (Å²) in [6.45, 7) is 0.958. The molecule has 0 amide bonds. The molecule has 0 aliphatic carbocycles. The van der Waals surface area contributed by atoms with Gasteiger partial charge in [0.05, 0.1) is 34.7 Å². The maximum atomic E-state index is 13.7. The van der Waals surface area contributed by atoms with Gasteiger partial charge in [0.15, 0.2) is 5.65 Å². The molecule has 4 rings (SSSR count). The van der Waals surface area contributed by atoms with Gasteiger partial charge in [0, 0.05) is 19.3 Å². The summed E-state index contributed by atoms with van der Waals surface area (Å²) in [4.78, 5) is 8.85. The molecular weight excluding hydrogens is 319 g/mol. The van der Waals surface area contributed by atoms with Crippen LogP contribution in [0.1, 0.15) is 0 Å². The predicted octanol–water partition coefficient (Wildman–Crippen LogP) is 2.17. The van der Waals surface area contributed by atoms with Crippen LogP contribution in [0.5, 0.6) is 0 Å². The predicted molar refractivity (Wildman–Crippen MR) is 86.4 cm³/mol. The van der Waals surface area contributed by atoms with E-state index >= 15 is 0 Å². The van der Waals surface area contributed by atoms with Crippen molar-refractivity contribution in [1.82, 2.24) is 24.9 Å². The Morgan fingerprint density at radius 3 is 3.04 bits per heavy atom. The van der Waals surface area contributed by atoms with Crippen LogP contribution in [0.2, 0.25) is 5.02 Å². The molecule has 1 saturated heterocycles. The van der Waals surface area contributed by atoms with Crippen LogP contribution in [0.4, 0.5) is 10.2 Å². The molecule has 1 aliphatic heterocycles. The van der Waals surface area contributed by atoms with E-state index in [0.29, 0.717) is 29.6 Å². The second kappa shape index (κ2) is 5.75. The summed E-state index contributed by atoms with van der Waals surface area (Å²) >= 11 is 5.92. The van der Waals surface area contributed by atoms with E-state index < -0.39 is 6.17 Å². The molecule has 0 spiro atoms. The van der Waals surface area contributed by atoms with Crippen molar-refractivity contribution >= 4 is 23.1 Å². The molecule has 4 heterocycles. The standard InChI is InChI=1S/C15H14ClFN6/c16-9-4-19-15-10(5-20-23(15)8-9)12-2-1-3-14(21-12)22-13-7-18-6-11(13)17/h1-5,8,11,13,18H,6-7H2,(H,21,22)/t11-,13-/m0/s1. The molecule has 0 radical (unpaired) electrons. The molecule has 0 aromatic carbocycles. The zero-order valence-electron chi connectivity index (χ0n) is 12.1. The van der Waals surface area contributed by atoms with Gasteiger partial charge in [-0.25, -0.2) is 18.9 Å². The molecule has 0 bridgehead atoms. The summed E-state index contributed by atoms with van der Waals surface area (Å²) in [5, 5.41) is 10.9. The van der Waals surface area contributed by atoms with Crippen LogP contribution in [0.25, 0.3) is 16.9 Å². The van der Waals surface area contributed by atoms with Gasteiger partial charge in [-0.2, -0.15) is 5.10 Å². The normalized spacial score (nSPS) is 21.0. The second-order valence-corrected chi connectivity index (χ2v) is 5.87. The Labute approximate surface area is 136 Å². The van der Waals surface area contributed by atoms with Crippen LogP contribution in [0.15, 0.2) is 36.8 Å². The lowest BCUT2D eigenvalue weighted by molar-refractivity contribution is 0.342. The highest BCUT2D eigenvalue weighted by Gasteiger charge is 2.26. The molecule has 1 fully saturated rings. The fourth-order valence-corrected chi connectivity index (χ4v) is 2.82. The van der Waals surface area contributed by atoms with Crippen molar-refractivity contribution in [2.75, 3.05) is 18.4 Å². The molecular formula is C15H14ClFN6. The number of aromatic nitrogens is 4. The van der Waals surface area contributed by atoms with Crippen molar-refractivity contribution in [2.24, 2.45) is 0 Å². The van der Waals surface area contributed by atoms with Gasteiger partial charge in [0.25, 0.3) is 0 Å². The van der Waals surface area contributed by atoms with Gasteiger partial charge < -0.3 is 10.6 Å². The number of fused-ring (bicyclic) bond motifs is 1. The zero-order valence-corrected chi connectivity index (χ0v) is 12.8. The molecule has 8 heteroatoms. The number of pyridine rings is 1. The largest absolute Gasteiger partial charge is 0.363 e. The first-order valence-electron chi connectivity index (χ1n) is 7.28. The van der Waals surface area contributed by atoms with Crippen molar-refractivity contribution in [3.05, 3.63) is 41.8 Å². The van der Waals surface area contributed by atoms with E-state index in [0.717, 1.165) is 11.3 Å². The number of nitrogens with one attached hydrogen (secondary N) is 2. The number of alkyl halides is 1. The summed E-state index contributed by atoms with van der Waals surface area (Å²) in [6, 6.07) is 5.31. The van der Waals surface area contributed by atoms with Gasteiger partial charge in [-0.3, -0.25) is 0 Å². The summed E-state index contributed by atoms with van der Waals surface area (Å²) in [7, 11) is 0. The van der Waals surface area contributed by atoms with E-state index in [-0.39, 0.29) is 6.04 Å². The third-order valence-electron chi connectivity index (χ3n) is 3.82. The Morgan fingerprint density at radius 1 is 1.30 bits per heavy atom. The number of hydrogen-bond donors (Lipinski definition) is 2. The molecule has 0 saturated carbocycles. The lowest BCUT2D eigenvalue weighted by atomic mass is 10.2. The van der Waals surface area contributed by atoms with Gasteiger partial charge in [0.1, 0.15) is 12.0 Å². The maximum absolute atomic E-state index is 13.7. The number of rotatable bonds is 3. The fraction of sp³-hybridized carbons (Fsp3) is 0.267. The summed E-state index contributed by atoms with van der Waals surface area (Å²) in [5.41, 5.74) is 2.19. The van der Waals surface area contributed by atoms with Crippen LogP contribution in [-0.4, -0.2) is 44.9 Å². The molecule has 2 N–H and O–H groups in total. The van der Waals surface area contributed by atoms with Gasteiger partial charge in [-0.1, -0.05) is 17.7 Å². The molecule has 118 valence electrons. The first kappa shape index (κ1) is 14.3. The van der Waals surface area contributed by atoms with Crippen molar-refractivity contribution in [2.45, 2.75) is 12.2 Å². The molecule has 1 aliphatic rings. The molecule has 2 atom stereocenters. The minimum Gasteiger partial charge on any atom is -0.363 e. The molecule has 0 unspecified atom stereocenters. The van der Waals surface area contributed by atoms with Crippen molar-refractivity contribution in [1.29, 1.82) is 0 Å². The Morgan fingerprint density at radius 2 is 2.22 bits per heavy atom. The first-order valence-corrected chi connectivity index (χ1v) is 7.66. The minimum atomic E-state index is -0.916. The van der Waals surface area contributed by atoms with Gasteiger partial charge in [-0.15, -0.1) is 0 Å². The van der Waals surface area contributed by atoms with Crippen molar-refractivity contribution in [3.8, 4) is 11.3 Å². The Kier molecular flexibility index (Phi) is 3.59. The Balaban J connectivity index is 1.67. The average molecular weight is 333 g/mol. The van der Waals surface area contributed by atoms with E-state index in [1.165, 1.54) is 0 Å². The number of nitrogens with zero attached hydrogens (tertiary/aromatic N) is 4. The Hall–Kier alpha value is -2.25. The fourth-order valence-electron chi connectivity index (χ4n) is 2.68. The smallest absolute Gasteiger partial charge is 0.164 e. The van der Waals surface area contributed by atoms with E-state index in [4.69, 9.17) is 11.6 Å². The lowest BCUT2D eigenvalue weighted by Gasteiger charge is -2.15.